The third-order valence-corrected chi connectivity index (χ3v) is 2.13. The van der Waals surface area contributed by atoms with Crippen molar-refractivity contribution >= 4 is 17.5 Å². The van der Waals surface area contributed by atoms with E-state index in [9.17, 15) is 14.0 Å². The third kappa shape index (κ3) is 1.71. The molecule has 0 N–H and O–H groups in total. The highest BCUT2D eigenvalue weighted by Gasteiger charge is 2.31. The molecule has 2 rings (SSSR count). The summed E-state index contributed by atoms with van der Waals surface area (Å²) >= 11 is 0. The van der Waals surface area contributed by atoms with Crippen LogP contribution in [0.2, 0.25) is 0 Å². The molecule has 6 nitrogen and oxygen atoms in total. The molecule has 1 aromatic rings. The number of carbonyl (C=O) groups is 2. The van der Waals surface area contributed by atoms with Crippen LogP contribution in [0, 0.1) is 5.82 Å². The van der Waals surface area contributed by atoms with Gasteiger partial charge in [0.15, 0.2) is 17.4 Å². The van der Waals surface area contributed by atoms with Crippen molar-refractivity contribution in [2.45, 2.75) is 6.42 Å². The Kier molecular flexibility index (Phi) is 2.51. The zero-order chi connectivity index (χ0) is 11.7. The average molecular weight is 225 g/mol. The highest BCUT2D eigenvalue weighted by molar-refractivity contribution is 6.14. The molecule has 1 amide bonds. The smallest absolute Gasteiger partial charge is 0.318 e. The maximum absolute atomic E-state index is 13.4. The number of ether oxygens (including phenoxy) is 1. The molecule has 0 aliphatic carbocycles. The van der Waals surface area contributed by atoms with E-state index >= 15 is 0 Å². The number of aromatic nitrogens is 2. The fourth-order valence-electron chi connectivity index (χ4n) is 1.41. The van der Waals surface area contributed by atoms with Gasteiger partial charge >= 0.3 is 6.01 Å². The number of Topliss-reactive ketones (excluding diaryl/α,β-unsaturated/α-hetero) is 1. The van der Waals surface area contributed by atoms with Crippen LogP contribution in [-0.2, 0) is 9.59 Å². The van der Waals surface area contributed by atoms with Gasteiger partial charge < -0.3 is 4.74 Å². The van der Waals surface area contributed by atoms with E-state index in [-0.39, 0.29) is 30.6 Å². The summed E-state index contributed by atoms with van der Waals surface area (Å²) in [6.07, 6.45) is 0.684. The Labute approximate surface area is 90.1 Å². The van der Waals surface area contributed by atoms with Crippen molar-refractivity contribution in [1.29, 1.82) is 0 Å². The number of methoxy groups -OCH3 is 1. The molecule has 1 aliphatic heterocycles. The zero-order valence-corrected chi connectivity index (χ0v) is 8.44. The van der Waals surface area contributed by atoms with E-state index in [0.29, 0.717) is 0 Å². The van der Waals surface area contributed by atoms with E-state index in [1.54, 1.807) is 0 Å². The lowest BCUT2D eigenvalue weighted by atomic mass is 10.3. The van der Waals surface area contributed by atoms with Crippen molar-refractivity contribution in [3.63, 3.8) is 0 Å². The van der Waals surface area contributed by atoms with Crippen molar-refractivity contribution in [2.75, 3.05) is 18.6 Å². The van der Waals surface area contributed by atoms with E-state index in [1.807, 2.05) is 0 Å². The van der Waals surface area contributed by atoms with Crippen LogP contribution in [0.4, 0.5) is 10.2 Å². The maximum Gasteiger partial charge on any atom is 0.318 e. The van der Waals surface area contributed by atoms with Crippen LogP contribution in [0.5, 0.6) is 6.01 Å². The summed E-state index contributed by atoms with van der Waals surface area (Å²) in [7, 11) is 1.33. The molecule has 7 heteroatoms. The molecular weight excluding hydrogens is 217 g/mol. The Balaban J connectivity index is 2.39. The molecule has 1 aromatic heterocycles. The van der Waals surface area contributed by atoms with Crippen molar-refractivity contribution < 1.29 is 18.7 Å². The number of ketones is 1. The first-order chi connectivity index (χ1) is 7.61. The summed E-state index contributed by atoms with van der Waals surface area (Å²) in [6, 6.07) is -0.0523. The molecule has 0 aromatic carbocycles. The Morgan fingerprint density at radius 1 is 1.50 bits per heavy atom. The van der Waals surface area contributed by atoms with Gasteiger partial charge in [-0.25, -0.2) is 9.37 Å². The lowest BCUT2D eigenvalue weighted by Crippen LogP contribution is -2.27. The van der Waals surface area contributed by atoms with Gasteiger partial charge in [-0.15, -0.1) is 0 Å². The minimum atomic E-state index is -0.760. The zero-order valence-electron chi connectivity index (χ0n) is 8.44. The SMILES string of the molecule is COc1ncc(F)c(N2CC(=O)CC2=O)n1. The maximum atomic E-state index is 13.4. The summed E-state index contributed by atoms with van der Waals surface area (Å²) in [5.74, 6) is -1.71. The molecular formula is C9H8FN3O3. The number of anilines is 1. The minimum absolute atomic E-state index is 0.0523. The Bertz CT molecular complexity index is 463. The normalized spacial score (nSPS) is 15.8. The van der Waals surface area contributed by atoms with Crippen molar-refractivity contribution in [3.05, 3.63) is 12.0 Å². The number of halogens is 1. The van der Waals surface area contributed by atoms with Crippen molar-refractivity contribution in [1.82, 2.24) is 9.97 Å². The molecule has 84 valence electrons. The molecule has 1 aliphatic rings. The van der Waals surface area contributed by atoms with E-state index in [1.165, 1.54) is 7.11 Å². The largest absolute Gasteiger partial charge is 0.467 e. The predicted molar refractivity (Wildman–Crippen MR) is 50.5 cm³/mol. The number of hydrogen-bond acceptors (Lipinski definition) is 5. The number of nitrogens with zero attached hydrogens (tertiary/aromatic N) is 3. The van der Waals surface area contributed by atoms with Crippen LogP contribution in [0.15, 0.2) is 6.20 Å². The van der Waals surface area contributed by atoms with Gasteiger partial charge in [0.05, 0.1) is 26.3 Å². The van der Waals surface area contributed by atoms with Crippen LogP contribution in [0.1, 0.15) is 6.42 Å². The topological polar surface area (TPSA) is 72.4 Å². The predicted octanol–water partition coefficient (Wildman–Crippen LogP) is -0.0699. The van der Waals surface area contributed by atoms with Gasteiger partial charge in [-0.2, -0.15) is 4.98 Å². The average Bonchev–Trinajstić information content (AvgIpc) is 2.58. The molecule has 1 fully saturated rings. The number of carbonyl (C=O) groups excluding carboxylic acids is 2. The minimum Gasteiger partial charge on any atom is -0.467 e. The number of amides is 1. The quantitative estimate of drug-likeness (QED) is 0.659. The molecule has 0 bridgehead atoms. The van der Waals surface area contributed by atoms with Gasteiger partial charge in [0, 0.05) is 0 Å². The third-order valence-electron chi connectivity index (χ3n) is 2.13. The highest BCUT2D eigenvalue weighted by Crippen LogP contribution is 2.21. The fourth-order valence-corrected chi connectivity index (χ4v) is 1.41. The van der Waals surface area contributed by atoms with E-state index in [2.05, 4.69) is 9.97 Å². The second-order valence-corrected chi connectivity index (χ2v) is 3.22. The summed E-state index contributed by atoms with van der Waals surface area (Å²) in [5.41, 5.74) is 0. The van der Waals surface area contributed by atoms with Gasteiger partial charge in [-0.3, -0.25) is 14.5 Å². The lowest BCUT2D eigenvalue weighted by molar-refractivity contribution is -0.121. The number of rotatable bonds is 2. The Hall–Kier alpha value is -2.05. The van der Waals surface area contributed by atoms with Crippen LogP contribution in [-0.4, -0.2) is 35.3 Å². The monoisotopic (exact) mass is 225 g/mol. The second kappa shape index (κ2) is 3.84. The molecule has 16 heavy (non-hydrogen) atoms. The molecule has 0 atom stereocenters. The van der Waals surface area contributed by atoms with E-state index < -0.39 is 11.7 Å². The fraction of sp³-hybridized carbons (Fsp3) is 0.333. The first kappa shape index (κ1) is 10.5. The molecule has 0 saturated carbocycles. The van der Waals surface area contributed by atoms with Gasteiger partial charge in [0.2, 0.25) is 5.91 Å². The molecule has 1 saturated heterocycles. The molecule has 0 unspecified atom stereocenters. The van der Waals surface area contributed by atoms with E-state index in [4.69, 9.17) is 4.74 Å². The van der Waals surface area contributed by atoms with Crippen molar-refractivity contribution in [3.8, 4) is 6.01 Å². The summed E-state index contributed by atoms with van der Waals surface area (Å²) in [5, 5.41) is 0. The van der Waals surface area contributed by atoms with Gasteiger partial charge in [0.1, 0.15) is 0 Å². The van der Waals surface area contributed by atoms with Crippen LogP contribution in [0.3, 0.4) is 0 Å². The van der Waals surface area contributed by atoms with Gasteiger partial charge in [-0.05, 0) is 0 Å². The first-order valence-electron chi connectivity index (χ1n) is 4.50. The van der Waals surface area contributed by atoms with Gasteiger partial charge in [0.25, 0.3) is 0 Å². The molecule has 2 heterocycles. The Morgan fingerprint density at radius 2 is 2.25 bits per heavy atom. The van der Waals surface area contributed by atoms with Crippen molar-refractivity contribution in [2.24, 2.45) is 0 Å². The first-order valence-corrected chi connectivity index (χ1v) is 4.50. The lowest BCUT2D eigenvalue weighted by Gasteiger charge is -2.14. The van der Waals surface area contributed by atoms with Crippen LogP contribution >= 0.6 is 0 Å². The van der Waals surface area contributed by atoms with Crippen LogP contribution < -0.4 is 9.64 Å². The Morgan fingerprint density at radius 3 is 2.81 bits per heavy atom. The molecule has 0 spiro atoms. The summed E-state index contributed by atoms with van der Waals surface area (Å²) < 4.78 is 18.1. The van der Waals surface area contributed by atoms with E-state index in [0.717, 1.165) is 11.1 Å². The van der Waals surface area contributed by atoms with Crippen LogP contribution in [0.25, 0.3) is 0 Å². The van der Waals surface area contributed by atoms with Gasteiger partial charge in [-0.1, -0.05) is 0 Å². The number of hydrogen-bond donors (Lipinski definition) is 0. The summed E-state index contributed by atoms with van der Waals surface area (Å²) in [6.45, 7) is -0.157. The summed E-state index contributed by atoms with van der Waals surface area (Å²) in [4.78, 5) is 30.6. The standard InChI is InChI=1S/C9H8FN3O3/c1-16-9-11-3-6(10)8(12-9)13-4-5(14)2-7(13)15/h3H,2,4H2,1H3. The highest BCUT2D eigenvalue weighted by atomic mass is 19.1. The molecule has 0 radical (unpaired) electrons. The second-order valence-electron chi connectivity index (χ2n) is 3.22.